The van der Waals surface area contributed by atoms with Crippen LogP contribution in [0.3, 0.4) is 0 Å². The second-order valence-corrected chi connectivity index (χ2v) is 6.71. The summed E-state index contributed by atoms with van der Waals surface area (Å²) < 4.78 is 24.7. The molecular weight excluding hydrogens is 512 g/mol. The number of halogens is 2. The normalized spacial score (nSPS) is 12.0. The number of rotatable bonds is 11. The first-order valence-electron chi connectivity index (χ1n) is 10.3. The number of guanidine groups is 1. The average Bonchev–Trinajstić information content (AvgIpc) is 2.75. The minimum atomic E-state index is -0.988. The van der Waals surface area contributed by atoms with E-state index in [0.29, 0.717) is 25.7 Å². The van der Waals surface area contributed by atoms with E-state index in [1.165, 1.54) is 6.07 Å². The van der Waals surface area contributed by atoms with Gasteiger partial charge in [-0.05, 0) is 50.5 Å². The Morgan fingerprint density at radius 2 is 1.90 bits per heavy atom. The zero-order valence-corrected chi connectivity index (χ0v) is 20.7. The molecule has 0 radical (unpaired) electrons. The number of benzene rings is 2. The zero-order chi connectivity index (χ0) is 21.8. The number of nitrogens with one attached hydrogen (secondary N) is 2. The molecule has 0 fully saturated rings. The van der Waals surface area contributed by atoms with Gasteiger partial charge in [0.1, 0.15) is 11.9 Å². The Balaban J connectivity index is 0.00000480. The molecule has 8 heteroatoms. The van der Waals surface area contributed by atoms with Crippen LogP contribution in [0.2, 0.25) is 0 Å². The minimum Gasteiger partial charge on any atom is -0.493 e. The third kappa shape index (κ3) is 8.90. The van der Waals surface area contributed by atoms with E-state index in [-0.39, 0.29) is 36.1 Å². The lowest BCUT2D eigenvalue weighted by Gasteiger charge is -2.14. The fourth-order valence-electron chi connectivity index (χ4n) is 3.01. The predicted molar refractivity (Wildman–Crippen MR) is 133 cm³/mol. The van der Waals surface area contributed by atoms with Gasteiger partial charge in [0.05, 0.1) is 20.3 Å². The number of aliphatic hydroxyl groups is 1. The first-order chi connectivity index (χ1) is 14.6. The van der Waals surface area contributed by atoms with Crippen molar-refractivity contribution in [2.75, 3.05) is 33.4 Å². The molecule has 2 rings (SSSR count). The van der Waals surface area contributed by atoms with Crippen molar-refractivity contribution >= 4 is 29.9 Å². The standard InChI is InChI=1S/C23H32FN3O3.HI/c1-4-25-23(27-16-20(28)18-10-6-7-11-19(18)24)26-14-8-9-17-12-13-21(29-3)22(15-17)30-5-2;/h6-7,10-13,15,20,28H,4-5,8-9,14,16H2,1-3H3,(H2,25,26,27);1H. The Morgan fingerprint density at radius 3 is 2.58 bits per heavy atom. The number of ether oxygens (including phenoxy) is 2. The van der Waals surface area contributed by atoms with Gasteiger partial charge in [0.2, 0.25) is 0 Å². The Kier molecular flexibility index (Phi) is 12.9. The van der Waals surface area contributed by atoms with Crippen LogP contribution in [-0.4, -0.2) is 44.4 Å². The molecule has 172 valence electrons. The Labute approximate surface area is 201 Å². The second kappa shape index (κ2) is 14.9. The monoisotopic (exact) mass is 545 g/mol. The Morgan fingerprint density at radius 1 is 1.13 bits per heavy atom. The number of hydrogen-bond donors (Lipinski definition) is 3. The summed E-state index contributed by atoms with van der Waals surface area (Å²) in [5.41, 5.74) is 1.42. The number of aliphatic imine (C=N–C) groups is 1. The van der Waals surface area contributed by atoms with Crippen LogP contribution < -0.4 is 20.1 Å². The molecule has 2 aromatic rings. The first-order valence-corrected chi connectivity index (χ1v) is 10.3. The molecular formula is C23H33FIN3O3. The lowest BCUT2D eigenvalue weighted by molar-refractivity contribution is 0.182. The van der Waals surface area contributed by atoms with Gasteiger partial charge in [-0.1, -0.05) is 24.3 Å². The number of hydrogen-bond acceptors (Lipinski definition) is 4. The van der Waals surface area contributed by atoms with Gasteiger partial charge in [0.25, 0.3) is 0 Å². The largest absolute Gasteiger partial charge is 0.493 e. The van der Waals surface area contributed by atoms with Crippen molar-refractivity contribution in [1.29, 1.82) is 0 Å². The van der Waals surface area contributed by atoms with Gasteiger partial charge >= 0.3 is 0 Å². The van der Waals surface area contributed by atoms with Gasteiger partial charge in [-0.15, -0.1) is 24.0 Å². The molecule has 0 saturated carbocycles. The van der Waals surface area contributed by atoms with E-state index in [9.17, 15) is 9.50 Å². The molecule has 0 heterocycles. The van der Waals surface area contributed by atoms with Gasteiger partial charge < -0.3 is 25.2 Å². The highest BCUT2D eigenvalue weighted by atomic mass is 127. The molecule has 2 aromatic carbocycles. The molecule has 3 N–H and O–H groups in total. The van der Waals surface area contributed by atoms with Crippen molar-refractivity contribution in [2.24, 2.45) is 4.99 Å². The number of aryl methyl sites for hydroxylation is 1. The minimum absolute atomic E-state index is 0. The third-order valence-electron chi connectivity index (χ3n) is 4.49. The average molecular weight is 545 g/mol. The SMILES string of the molecule is CCNC(=NCC(O)c1ccccc1F)NCCCc1ccc(OC)c(OCC)c1.I. The summed E-state index contributed by atoms with van der Waals surface area (Å²) in [6, 6.07) is 12.2. The van der Waals surface area contributed by atoms with Crippen LogP contribution in [0.4, 0.5) is 4.39 Å². The predicted octanol–water partition coefficient (Wildman–Crippen LogP) is 4.07. The summed E-state index contributed by atoms with van der Waals surface area (Å²) in [6.07, 6.45) is 0.768. The molecule has 0 spiro atoms. The van der Waals surface area contributed by atoms with Crippen molar-refractivity contribution in [3.8, 4) is 11.5 Å². The molecule has 6 nitrogen and oxygen atoms in total. The van der Waals surface area contributed by atoms with Crippen LogP contribution in [0.5, 0.6) is 11.5 Å². The van der Waals surface area contributed by atoms with Crippen LogP contribution in [0, 0.1) is 5.82 Å². The number of nitrogens with zero attached hydrogens (tertiary/aromatic N) is 1. The molecule has 0 saturated heterocycles. The maximum Gasteiger partial charge on any atom is 0.191 e. The van der Waals surface area contributed by atoms with Gasteiger partial charge in [-0.2, -0.15) is 0 Å². The van der Waals surface area contributed by atoms with Crippen LogP contribution in [0.15, 0.2) is 47.5 Å². The van der Waals surface area contributed by atoms with Crippen molar-refractivity contribution in [2.45, 2.75) is 32.8 Å². The van der Waals surface area contributed by atoms with Crippen LogP contribution in [0.25, 0.3) is 0 Å². The van der Waals surface area contributed by atoms with E-state index in [1.54, 1.807) is 25.3 Å². The molecule has 31 heavy (non-hydrogen) atoms. The van der Waals surface area contributed by atoms with Crippen molar-refractivity contribution in [3.05, 3.63) is 59.4 Å². The molecule has 0 aliphatic rings. The molecule has 0 bridgehead atoms. The lowest BCUT2D eigenvalue weighted by Crippen LogP contribution is -2.38. The third-order valence-corrected chi connectivity index (χ3v) is 4.49. The molecule has 0 amide bonds. The molecule has 0 aliphatic heterocycles. The van der Waals surface area contributed by atoms with Gasteiger partial charge in [-0.3, -0.25) is 4.99 Å². The van der Waals surface area contributed by atoms with E-state index in [4.69, 9.17) is 9.47 Å². The Hall–Kier alpha value is -2.07. The molecule has 1 atom stereocenters. The number of methoxy groups -OCH3 is 1. The summed E-state index contributed by atoms with van der Waals surface area (Å²) >= 11 is 0. The fraction of sp³-hybridized carbons (Fsp3) is 0.435. The first kappa shape index (κ1) is 27.0. The summed E-state index contributed by atoms with van der Waals surface area (Å²) in [7, 11) is 1.63. The van der Waals surface area contributed by atoms with Crippen LogP contribution in [0.1, 0.15) is 37.5 Å². The summed E-state index contributed by atoms with van der Waals surface area (Å²) in [6.45, 7) is 5.97. The summed E-state index contributed by atoms with van der Waals surface area (Å²) in [4.78, 5) is 4.38. The van der Waals surface area contributed by atoms with E-state index in [0.717, 1.165) is 29.9 Å². The van der Waals surface area contributed by atoms with Crippen molar-refractivity contribution < 1.29 is 19.0 Å². The number of aliphatic hydroxyl groups excluding tert-OH is 1. The van der Waals surface area contributed by atoms with E-state index >= 15 is 0 Å². The maximum absolute atomic E-state index is 13.8. The summed E-state index contributed by atoms with van der Waals surface area (Å²) in [5, 5.41) is 16.6. The van der Waals surface area contributed by atoms with Crippen molar-refractivity contribution in [1.82, 2.24) is 10.6 Å². The topological polar surface area (TPSA) is 75.1 Å². The fourth-order valence-corrected chi connectivity index (χ4v) is 3.01. The highest BCUT2D eigenvalue weighted by molar-refractivity contribution is 14.0. The van der Waals surface area contributed by atoms with Crippen LogP contribution >= 0.6 is 24.0 Å². The van der Waals surface area contributed by atoms with E-state index in [2.05, 4.69) is 15.6 Å². The molecule has 1 unspecified atom stereocenters. The zero-order valence-electron chi connectivity index (χ0n) is 18.4. The van der Waals surface area contributed by atoms with Crippen molar-refractivity contribution in [3.63, 3.8) is 0 Å². The van der Waals surface area contributed by atoms with Crippen LogP contribution in [-0.2, 0) is 6.42 Å². The highest BCUT2D eigenvalue weighted by Gasteiger charge is 2.12. The van der Waals surface area contributed by atoms with Gasteiger partial charge in [0.15, 0.2) is 17.5 Å². The lowest BCUT2D eigenvalue weighted by atomic mass is 10.1. The second-order valence-electron chi connectivity index (χ2n) is 6.71. The maximum atomic E-state index is 13.8. The van der Waals surface area contributed by atoms with Gasteiger partial charge in [-0.25, -0.2) is 4.39 Å². The smallest absolute Gasteiger partial charge is 0.191 e. The summed E-state index contributed by atoms with van der Waals surface area (Å²) in [5.74, 6) is 1.65. The quantitative estimate of drug-likeness (QED) is 0.172. The van der Waals surface area contributed by atoms with Gasteiger partial charge in [0, 0.05) is 18.7 Å². The Bertz CT molecular complexity index is 820. The molecule has 0 aromatic heterocycles. The van der Waals surface area contributed by atoms with E-state index < -0.39 is 11.9 Å². The van der Waals surface area contributed by atoms with E-state index in [1.807, 2.05) is 32.0 Å². The highest BCUT2D eigenvalue weighted by Crippen LogP contribution is 2.28. The molecule has 0 aliphatic carbocycles.